The average molecular weight is 404 g/mol. The van der Waals surface area contributed by atoms with Crippen molar-refractivity contribution < 1.29 is 0 Å². The second-order valence-electron chi connectivity index (χ2n) is 8.20. The summed E-state index contributed by atoms with van der Waals surface area (Å²) in [6.07, 6.45) is 3.27. The molecule has 5 nitrogen and oxygen atoms in total. The summed E-state index contributed by atoms with van der Waals surface area (Å²) < 4.78 is 0. The van der Waals surface area contributed by atoms with E-state index in [0.717, 1.165) is 51.4 Å². The molecule has 158 valence electrons. The molecule has 1 aliphatic heterocycles. The van der Waals surface area contributed by atoms with Crippen LogP contribution < -0.4 is 10.6 Å². The van der Waals surface area contributed by atoms with Gasteiger partial charge in [0.1, 0.15) is 0 Å². The van der Waals surface area contributed by atoms with Crippen molar-refractivity contribution in [1.29, 1.82) is 0 Å². The number of aliphatic imine (C=N–C) groups is 1. The number of para-hydroxylation sites is 1. The van der Waals surface area contributed by atoms with E-state index < -0.39 is 0 Å². The van der Waals surface area contributed by atoms with Crippen molar-refractivity contribution in [2.45, 2.75) is 38.8 Å². The van der Waals surface area contributed by atoms with Gasteiger partial charge in [0.05, 0.1) is 0 Å². The third kappa shape index (κ3) is 5.03. The Kier molecular flexibility index (Phi) is 6.70. The highest BCUT2D eigenvalue weighted by Gasteiger charge is 2.20. The lowest BCUT2D eigenvalue weighted by Crippen LogP contribution is -2.48. The summed E-state index contributed by atoms with van der Waals surface area (Å²) in [5.74, 6) is 0.911. The van der Waals surface area contributed by atoms with Gasteiger partial charge in [-0.3, -0.25) is 9.89 Å². The van der Waals surface area contributed by atoms with Crippen molar-refractivity contribution in [3.05, 3.63) is 71.4 Å². The molecule has 3 aromatic rings. The van der Waals surface area contributed by atoms with Crippen LogP contribution in [0.1, 0.15) is 29.7 Å². The summed E-state index contributed by atoms with van der Waals surface area (Å²) >= 11 is 0. The van der Waals surface area contributed by atoms with E-state index in [2.05, 4.69) is 87.0 Å². The number of aromatic nitrogens is 1. The zero-order chi connectivity index (χ0) is 20.8. The van der Waals surface area contributed by atoms with Gasteiger partial charge in [-0.1, -0.05) is 48.5 Å². The van der Waals surface area contributed by atoms with Gasteiger partial charge in [0.2, 0.25) is 0 Å². The van der Waals surface area contributed by atoms with E-state index >= 15 is 0 Å². The number of hydrogen-bond donors (Lipinski definition) is 3. The first-order valence-electron chi connectivity index (χ1n) is 11.0. The number of hydrogen-bond acceptors (Lipinski definition) is 2. The number of likely N-dealkylation sites (tertiary alicyclic amines) is 1. The number of aromatic amines is 1. The van der Waals surface area contributed by atoms with E-state index in [-0.39, 0.29) is 0 Å². The van der Waals surface area contributed by atoms with Gasteiger partial charge in [0.25, 0.3) is 0 Å². The van der Waals surface area contributed by atoms with Crippen LogP contribution in [-0.4, -0.2) is 48.6 Å². The Morgan fingerprint density at radius 1 is 1.07 bits per heavy atom. The molecular weight excluding hydrogens is 370 g/mol. The number of piperidine rings is 1. The summed E-state index contributed by atoms with van der Waals surface area (Å²) in [6, 6.07) is 19.8. The van der Waals surface area contributed by atoms with E-state index in [0.29, 0.717) is 6.04 Å². The van der Waals surface area contributed by atoms with Crippen molar-refractivity contribution >= 4 is 16.9 Å². The first kappa shape index (κ1) is 20.5. The van der Waals surface area contributed by atoms with Gasteiger partial charge >= 0.3 is 0 Å². The predicted octanol–water partition coefficient (Wildman–Crippen LogP) is 3.85. The Balaban J connectivity index is 1.23. The molecule has 0 radical (unpaired) electrons. The molecule has 0 bridgehead atoms. The molecule has 0 amide bonds. The highest BCUT2D eigenvalue weighted by atomic mass is 15.2. The van der Waals surface area contributed by atoms with Gasteiger partial charge < -0.3 is 15.6 Å². The van der Waals surface area contributed by atoms with Gasteiger partial charge in [-0.05, 0) is 43.4 Å². The fourth-order valence-electron chi connectivity index (χ4n) is 4.43. The normalized spacial score (nSPS) is 16.1. The standard InChI is InChI=1S/C25H33N5/c1-19-22(23-10-6-7-11-24(23)28-19)12-15-27-25(26-2)29-21-13-16-30(17-14-21)18-20-8-4-3-5-9-20/h3-11,21,28H,12-18H2,1-2H3,(H2,26,27,29). The minimum atomic E-state index is 0.484. The predicted molar refractivity (Wildman–Crippen MR) is 126 cm³/mol. The van der Waals surface area contributed by atoms with Crippen molar-refractivity contribution in [2.75, 3.05) is 26.7 Å². The van der Waals surface area contributed by atoms with Crippen molar-refractivity contribution in [3.8, 4) is 0 Å². The van der Waals surface area contributed by atoms with Crippen molar-refractivity contribution in [3.63, 3.8) is 0 Å². The Morgan fingerprint density at radius 3 is 2.57 bits per heavy atom. The third-order valence-electron chi connectivity index (χ3n) is 6.10. The van der Waals surface area contributed by atoms with E-state index in [1.807, 2.05) is 7.05 Å². The molecule has 30 heavy (non-hydrogen) atoms. The number of fused-ring (bicyclic) bond motifs is 1. The van der Waals surface area contributed by atoms with Crippen LogP contribution >= 0.6 is 0 Å². The molecule has 0 saturated carbocycles. The number of nitrogens with one attached hydrogen (secondary N) is 3. The molecule has 1 saturated heterocycles. The average Bonchev–Trinajstić information content (AvgIpc) is 3.10. The van der Waals surface area contributed by atoms with Crippen LogP contribution in [0.2, 0.25) is 0 Å². The minimum Gasteiger partial charge on any atom is -0.358 e. The van der Waals surface area contributed by atoms with Gasteiger partial charge in [0, 0.05) is 55.9 Å². The Labute approximate surface area is 179 Å². The number of guanidine groups is 1. The molecule has 0 aliphatic carbocycles. The second kappa shape index (κ2) is 9.81. The topological polar surface area (TPSA) is 55.5 Å². The number of benzene rings is 2. The minimum absolute atomic E-state index is 0.484. The Hall–Kier alpha value is -2.79. The fraction of sp³-hybridized carbons (Fsp3) is 0.400. The lowest BCUT2D eigenvalue weighted by atomic mass is 10.0. The quantitative estimate of drug-likeness (QED) is 0.433. The molecule has 3 N–H and O–H groups in total. The molecule has 2 heterocycles. The summed E-state index contributed by atoms with van der Waals surface area (Å²) in [4.78, 5) is 10.5. The Morgan fingerprint density at radius 2 is 1.80 bits per heavy atom. The van der Waals surface area contributed by atoms with Gasteiger partial charge in [0.15, 0.2) is 5.96 Å². The molecule has 0 unspecified atom stereocenters. The van der Waals surface area contributed by atoms with Crippen molar-refractivity contribution in [2.24, 2.45) is 4.99 Å². The molecule has 1 aromatic heterocycles. The van der Waals surface area contributed by atoms with E-state index in [9.17, 15) is 0 Å². The van der Waals surface area contributed by atoms with E-state index in [1.54, 1.807) is 0 Å². The first-order valence-corrected chi connectivity index (χ1v) is 11.0. The SMILES string of the molecule is CN=C(NCCc1c(C)[nH]c2ccccc12)NC1CCN(Cc2ccccc2)CC1. The molecule has 4 rings (SSSR count). The lowest BCUT2D eigenvalue weighted by Gasteiger charge is -2.33. The number of nitrogens with zero attached hydrogens (tertiary/aromatic N) is 2. The molecule has 1 aliphatic rings. The van der Waals surface area contributed by atoms with Crippen molar-refractivity contribution in [1.82, 2.24) is 20.5 Å². The number of rotatable bonds is 6. The van der Waals surface area contributed by atoms with Crippen LogP contribution in [0.25, 0.3) is 10.9 Å². The zero-order valence-corrected chi connectivity index (χ0v) is 18.1. The van der Waals surface area contributed by atoms with Crippen LogP contribution in [0.3, 0.4) is 0 Å². The largest absolute Gasteiger partial charge is 0.358 e. The van der Waals surface area contributed by atoms with Crippen LogP contribution in [0, 0.1) is 6.92 Å². The maximum atomic E-state index is 4.45. The van der Waals surface area contributed by atoms with Gasteiger partial charge in [-0.25, -0.2) is 0 Å². The summed E-state index contributed by atoms with van der Waals surface area (Å²) in [6.45, 7) is 6.32. The van der Waals surface area contributed by atoms with Crippen LogP contribution in [0.4, 0.5) is 0 Å². The number of aryl methyl sites for hydroxylation is 1. The molecule has 1 fully saturated rings. The summed E-state index contributed by atoms with van der Waals surface area (Å²) in [5, 5.41) is 8.46. The highest BCUT2D eigenvalue weighted by molar-refractivity contribution is 5.84. The molecular formula is C25H33N5. The maximum absolute atomic E-state index is 4.45. The molecule has 0 spiro atoms. The molecule has 0 atom stereocenters. The highest BCUT2D eigenvalue weighted by Crippen LogP contribution is 2.22. The maximum Gasteiger partial charge on any atom is 0.191 e. The Bertz CT molecular complexity index is 968. The van der Waals surface area contributed by atoms with E-state index in [1.165, 1.54) is 27.7 Å². The smallest absolute Gasteiger partial charge is 0.191 e. The molecule has 2 aromatic carbocycles. The van der Waals surface area contributed by atoms with Crippen LogP contribution in [0.5, 0.6) is 0 Å². The summed E-state index contributed by atoms with van der Waals surface area (Å²) in [7, 11) is 1.86. The van der Waals surface area contributed by atoms with Crippen LogP contribution in [-0.2, 0) is 13.0 Å². The summed E-state index contributed by atoms with van der Waals surface area (Å²) in [5.41, 5.74) is 5.26. The fourth-order valence-corrected chi connectivity index (χ4v) is 4.43. The van der Waals surface area contributed by atoms with Gasteiger partial charge in [-0.15, -0.1) is 0 Å². The second-order valence-corrected chi connectivity index (χ2v) is 8.20. The van der Waals surface area contributed by atoms with Crippen LogP contribution in [0.15, 0.2) is 59.6 Å². The first-order chi connectivity index (χ1) is 14.7. The number of H-pyrrole nitrogens is 1. The van der Waals surface area contributed by atoms with E-state index in [4.69, 9.17) is 0 Å². The third-order valence-corrected chi connectivity index (χ3v) is 6.10. The zero-order valence-electron chi connectivity index (χ0n) is 18.1. The lowest BCUT2D eigenvalue weighted by molar-refractivity contribution is 0.198. The monoisotopic (exact) mass is 403 g/mol. The molecule has 5 heteroatoms. The van der Waals surface area contributed by atoms with Gasteiger partial charge in [-0.2, -0.15) is 0 Å².